The molecule has 15 heteroatoms. The lowest BCUT2D eigenvalue weighted by Crippen LogP contribution is -3.00. The Labute approximate surface area is 225 Å². The second kappa shape index (κ2) is 10.7. The van der Waals surface area contributed by atoms with Crippen molar-refractivity contribution in [2.24, 2.45) is 28.5 Å². The molecule has 1 aliphatic carbocycles. The van der Waals surface area contributed by atoms with Gasteiger partial charge in [-0.05, 0) is 46.0 Å². The molecule has 3 amide bonds. The second-order valence-electron chi connectivity index (χ2n) is 8.90. The van der Waals surface area contributed by atoms with Gasteiger partial charge in [0.05, 0.1) is 6.20 Å². The number of guanidine groups is 1. The number of hydrogen-bond acceptors (Lipinski definition) is 6. The molecule has 3 aromatic rings. The zero-order valence-corrected chi connectivity index (χ0v) is 21.7. The van der Waals surface area contributed by atoms with Gasteiger partial charge in [-0.25, -0.2) is 15.0 Å². The summed E-state index contributed by atoms with van der Waals surface area (Å²) in [6, 6.07) is 4.37. The number of H-pyrrole nitrogens is 4. The average molecular weight is 594 g/mol. The number of nitrogens with one attached hydrogen (secondary N) is 7. The van der Waals surface area contributed by atoms with Crippen molar-refractivity contribution in [1.29, 1.82) is 0 Å². The van der Waals surface area contributed by atoms with Crippen LogP contribution >= 0.6 is 15.9 Å². The first-order chi connectivity index (χ1) is 17.3. The van der Waals surface area contributed by atoms with Gasteiger partial charge in [-0.1, -0.05) is 0 Å². The van der Waals surface area contributed by atoms with Crippen LogP contribution < -0.4 is 44.8 Å². The van der Waals surface area contributed by atoms with E-state index in [4.69, 9.17) is 11.5 Å². The minimum Gasteiger partial charge on any atom is -1.00 e. The molecule has 3 aromatic heterocycles. The molecular weight excluding hydrogens is 568 g/mol. The third kappa shape index (κ3) is 5.20. The highest BCUT2D eigenvalue weighted by Crippen LogP contribution is 2.54. The van der Waals surface area contributed by atoms with Crippen LogP contribution in [-0.4, -0.2) is 57.8 Å². The summed E-state index contributed by atoms with van der Waals surface area (Å²) in [4.78, 5) is 54.3. The number of nitrogens with zero attached hydrogens (tertiary/aromatic N) is 1. The number of imidazole rings is 1. The molecule has 11 N–H and O–H groups in total. The third-order valence-corrected chi connectivity index (χ3v) is 7.29. The van der Waals surface area contributed by atoms with E-state index in [0.29, 0.717) is 23.9 Å². The van der Waals surface area contributed by atoms with E-state index in [1.165, 1.54) is 0 Å². The van der Waals surface area contributed by atoms with E-state index in [0.717, 1.165) is 10.2 Å². The number of nitrogens with two attached hydrogens (primary N) is 2. The summed E-state index contributed by atoms with van der Waals surface area (Å²) in [5.41, 5.74) is 13.3. The Bertz CT molecular complexity index is 1320. The maximum Gasteiger partial charge on any atom is 0.350 e. The molecule has 196 valence electrons. The lowest BCUT2D eigenvalue weighted by Gasteiger charge is -2.52. The highest BCUT2D eigenvalue weighted by atomic mass is 79.9. The number of carbonyl (C=O) groups is 3. The summed E-state index contributed by atoms with van der Waals surface area (Å²) >= 11 is 3.33. The zero-order chi connectivity index (χ0) is 25.4. The molecule has 5 rings (SSSR count). The normalized spacial score (nSPS) is 24.4. The van der Waals surface area contributed by atoms with Crippen molar-refractivity contribution in [3.05, 3.63) is 58.3 Å². The summed E-state index contributed by atoms with van der Waals surface area (Å²) in [5.74, 6) is -1.26. The van der Waals surface area contributed by atoms with E-state index in [1.54, 1.807) is 36.8 Å². The van der Waals surface area contributed by atoms with Crippen LogP contribution in [-0.2, 0) is 4.79 Å². The van der Waals surface area contributed by atoms with Crippen molar-refractivity contribution in [2.75, 3.05) is 18.8 Å². The van der Waals surface area contributed by atoms with Gasteiger partial charge in [0, 0.05) is 41.8 Å². The van der Waals surface area contributed by atoms with Gasteiger partial charge in [0.25, 0.3) is 17.7 Å². The van der Waals surface area contributed by atoms with Crippen molar-refractivity contribution in [1.82, 2.24) is 30.9 Å². The first-order valence-corrected chi connectivity index (χ1v) is 12.1. The molecule has 37 heavy (non-hydrogen) atoms. The topological polar surface area (TPSA) is 213 Å². The number of amides is 3. The Kier molecular flexibility index (Phi) is 7.59. The van der Waals surface area contributed by atoms with Crippen LogP contribution in [0.3, 0.4) is 0 Å². The fourth-order valence-electron chi connectivity index (χ4n) is 5.24. The quantitative estimate of drug-likeness (QED) is 0.133. The fourth-order valence-corrected chi connectivity index (χ4v) is 5.58. The van der Waals surface area contributed by atoms with Gasteiger partial charge in [0.2, 0.25) is 0 Å². The molecule has 0 bridgehead atoms. The van der Waals surface area contributed by atoms with Crippen LogP contribution in [0.15, 0.2) is 46.3 Å². The molecule has 1 saturated carbocycles. The Morgan fingerprint density at radius 1 is 1.11 bits per heavy atom. The lowest BCUT2D eigenvalue weighted by atomic mass is 9.53. The number of rotatable bonds is 8. The van der Waals surface area contributed by atoms with Crippen molar-refractivity contribution >= 4 is 45.6 Å². The van der Waals surface area contributed by atoms with Crippen LogP contribution in [0.4, 0.5) is 5.95 Å². The van der Waals surface area contributed by atoms with Crippen molar-refractivity contribution in [3.8, 4) is 0 Å². The van der Waals surface area contributed by atoms with Crippen LogP contribution in [0.2, 0.25) is 0 Å². The molecule has 4 heterocycles. The molecule has 1 fully saturated rings. The first kappa shape index (κ1) is 26.3. The van der Waals surface area contributed by atoms with Crippen LogP contribution in [0, 0.1) is 17.8 Å². The summed E-state index contributed by atoms with van der Waals surface area (Å²) in [5, 5.41) is 8.48. The zero-order valence-electron chi connectivity index (χ0n) is 19.3. The lowest BCUT2D eigenvalue weighted by molar-refractivity contribution is -0.358. The minimum absolute atomic E-state index is 0. The number of aromatic amines is 4. The second-order valence-corrected chi connectivity index (χ2v) is 9.81. The number of aromatic nitrogens is 4. The highest BCUT2D eigenvalue weighted by molar-refractivity contribution is 9.10. The number of carbonyl (C=O) groups excluding carboxylic acids is 3. The molecule has 0 spiro atoms. The van der Waals surface area contributed by atoms with Crippen LogP contribution in [0.1, 0.15) is 32.6 Å². The predicted molar refractivity (Wildman–Crippen MR) is 132 cm³/mol. The Morgan fingerprint density at radius 3 is 2.41 bits per heavy atom. The van der Waals surface area contributed by atoms with Crippen molar-refractivity contribution in [3.63, 3.8) is 0 Å². The minimum atomic E-state index is -0.739. The maximum absolute atomic E-state index is 12.7. The van der Waals surface area contributed by atoms with E-state index in [-0.39, 0.29) is 66.3 Å². The average Bonchev–Trinajstić information content (AvgIpc) is 3.62. The van der Waals surface area contributed by atoms with Gasteiger partial charge in [-0.3, -0.25) is 25.4 Å². The summed E-state index contributed by atoms with van der Waals surface area (Å²) in [6.45, 7) is 0.568. The highest BCUT2D eigenvalue weighted by Gasteiger charge is 2.58. The predicted octanol–water partition coefficient (Wildman–Crippen LogP) is -3.55. The van der Waals surface area contributed by atoms with Crippen molar-refractivity contribution < 1.29 is 31.8 Å². The van der Waals surface area contributed by atoms with Gasteiger partial charge in [-0.15, -0.1) is 0 Å². The van der Waals surface area contributed by atoms with Crippen molar-refractivity contribution in [2.45, 2.75) is 12.0 Å². The molecule has 1 aliphatic heterocycles. The van der Waals surface area contributed by atoms with E-state index in [1.807, 2.05) is 0 Å². The number of nitrogen functional groups attached to an aromatic ring is 1. The summed E-state index contributed by atoms with van der Waals surface area (Å²) < 4.78 is 0.757. The summed E-state index contributed by atoms with van der Waals surface area (Å²) in [6.07, 6.45) is 5.09. The molecule has 2 aliphatic rings. The molecule has 13 nitrogen and oxygen atoms in total. The monoisotopic (exact) mass is 592 g/mol. The van der Waals surface area contributed by atoms with E-state index in [2.05, 4.69) is 56.8 Å². The van der Waals surface area contributed by atoms with E-state index < -0.39 is 6.04 Å². The van der Waals surface area contributed by atoms with Gasteiger partial charge < -0.3 is 38.7 Å². The summed E-state index contributed by atoms with van der Waals surface area (Å²) in [7, 11) is 0. The molecule has 0 radical (unpaired) electrons. The number of hydrogen-bond donors (Lipinski definition) is 8. The molecule has 0 aromatic carbocycles. The van der Waals surface area contributed by atoms with Gasteiger partial charge in [0.15, 0.2) is 5.96 Å². The van der Waals surface area contributed by atoms with E-state index in [9.17, 15) is 14.4 Å². The molecule has 0 saturated heterocycles. The van der Waals surface area contributed by atoms with Gasteiger partial charge in [0.1, 0.15) is 23.1 Å². The molecule has 0 unspecified atom stereocenters. The first-order valence-electron chi connectivity index (χ1n) is 11.4. The molecular formula is C22H26BrClN10O3. The standard InChI is InChI=1S/C22H25BrN10O3.ClH/c23-9-4-13(27-5-9)19(35)29-7-11-10(6-28-18(34)12-2-1-3-26-12)15(14-8-30-21(24)31-14)16(11)17-20(36)33-22(25)32-17;/h1-5,8,10-11,15-17,26-27H,6-7H2,(H,28,34)(H,29,35)(H3,24,30,31)(H3,25,32,33,36);1H/t10-,11-,15-,16+,17+;/m1./s1. The Hall–Kier alpha value is -3.78. The number of aliphatic imine (C=N–C) groups is 1. The van der Waals surface area contributed by atoms with Crippen LogP contribution in [0.25, 0.3) is 0 Å². The largest absolute Gasteiger partial charge is 1.00 e. The van der Waals surface area contributed by atoms with E-state index >= 15 is 0 Å². The smallest absolute Gasteiger partial charge is 0.350 e. The number of halogens is 2. The van der Waals surface area contributed by atoms with Gasteiger partial charge in [-0.2, -0.15) is 0 Å². The number of anilines is 1. The Morgan fingerprint density at radius 2 is 1.84 bits per heavy atom. The fraction of sp³-hybridized carbons (Fsp3) is 0.318. The van der Waals surface area contributed by atoms with Gasteiger partial charge >= 0.3 is 5.95 Å². The molecule has 5 atom stereocenters. The maximum atomic E-state index is 12.7. The van der Waals surface area contributed by atoms with Crippen LogP contribution in [0.5, 0.6) is 0 Å². The SMILES string of the molecule is NC1=N[C@@H]([C@H]2[C@H](CNC(=O)c3cc(Br)c[nH]3)[C@@H](CNC(=O)c3ccc[nH]3)[C@@H]2c2c[nH+]c(N)[nH]2)C(=O)N1.[Cl-]. The third-order valence-electron chi connectivity index (χ3n) is 6.84. The Balaban J connectivity index is 0.00000320.